The number of nitrogens with zero attached hydrogens (tertiary/aromatic N) is 3. The van der Waals surface area contributed by atoms with Crippen molar-refractivity contribution in [1.82, 2.24) is 14.7 Å². The van der Waals surface area contributed by atoms with Crippen LogP contribution in [0.25, 0.3) is 31.9 Å². The van der Waals surface area contributed by atoms with Crippen molar-refractivity contribution >= 4 is 33.2 Å². The van der Waals surface area contributed by atoms with Gasteiger partial charge in [0, 0.05) is 21.5 Å². The summed E-state index contributed by atoms with van der Waals surface area (Å²) < 4.78 is 12.8. The van der Waals surface area contributed by atoms with E-state index in [4.69, 9.17) is 20.9 Å². The van der Waals surface area contributed by atoms with Crippen molar-refractivity contribution in [2.24, 2.45) is 0 Å². The van der Waals surface area contributed by atoms with Crippen molar-refractivity contribution in [2.75, 3.05) is 7.11 Å². The molecule has 3 aromatic heterocycles. The van der Waals surface area contributed by atoms with Gasteiger partial charge in [-0.15, -0.1) is 11.3 Å². The Labute approximate surface area is 186 Å². The Morgan fingerprint density at radius 1 is 1.06 bits per heavy atom. The number of hydrogen-bond donors (Lipinski definition) is 0. The molecule has 0 saturated carbocycles. The Hall–Kier alpha value is -3.42. The van der Waals surface area contributed by atoms with Crippen molar-refractivity contribution < 1.29 is 9.26 Å². The van der Waals surface area contributed by atoms with Gasteiger partial charge in [-0.25, -0.2) is 4.98 Å². The minimum Gasteiger partial charge on any atom is -0.497 e. The second-order valence-electron chi connectivity index (χ2n) is 6.92. The second-order valence-corrected chi connectivity index (χ2v) is 8.41. The number of benzene rings is 2. The van der Waals surface area contributed by atoms with Gasteiger partial charge in [0.2, 0.25) is 0 Å². The maximum absolute atomic E-state index is 13.0. The Bertz CT molecular complexity index is 1420. The largest absolute Gasteiger partial charge is 0.497 e. The van der Waals surface area contributed by atoms with E-state index in [-0.39, 0.29) is 12.1 Å². The molecule has 31 heavy (non-hydrogen) atoms. The third-order valence-electron chi connectivity index (χ3n) is 4.90. The van der Waals surface area contributed by atoms with E-state index < -0.39 is 0 Å². The van der Waals surface area contributed by atoms with Crippen LogP contribution in [0.15, 0.2) is 76.3 Å². The molecule has 154 valence electrons. The van der Waals surface area contributed by atoms with Crippen LogP contribution in [0, 0.1) is 0 Å². The summed E-state index contributed by atoms with van der Waals surface area (Å²) in [6.45, 7) is 0.248. The van der Waals surface area contributed by atoms with Crippen LogP contribution < -0.4 is 10.3 Å². The number of aromatic nitrogens is 3. The maximum atomic E-state index is 13.0. The first kappa shape index (κ1) is 19.5. The summed E-state index contributed by atoms with van der Waals surface area (Å²) in [6.07, 6.45) is 1.54. The fraction of sp³-hybridized carbons (Fsp3) is 0.0870. The molecule has 0 bridgehead atoms. The average Bonchev–Trinajstić information content (AvgIpc) is 3.44. The summed E-state index contributed by atoms with van der Waals surface area (Å²) in [5.41, 5.74) is 3.16. The highest BCUT2D eigenvalue weighted by molar-refractivity contribution is 7.22. The zero-order valence-corrected chi connectivity index (χ0v) is 18.0. The standard InChI is InChI=1S/C23H16ClN3O3S/c1-29-17-8-4-15(5-9-17)21-11-20-22(31-21)23(28)27(13-25-20)12-18-10-19(26-30-18)14-2-6-16(24)7-3-14/h2-11,13H,12H2,1H3. The Morgan fingerprint density at radius 3 is 2.55 bits per heavy atom. The molecule has 0 amide bonds. The molecule has 0 spiro atoms. The SMILES string of the molecule is COc1ccc(-c2cc3ncn(Cc4cc(-c5ccc(Cl)cc5)no4)c(=O)c3s2)cc1. The Kier molecular flexibility index (Phi) is 5.05. The van der Waals surface area contributed by atoms with Gasteiger partial charge in [0.25, 0.3) is 5.56 Å². The van der Waals surface area contributed by atoms with E-state index in [1.54, 1.807) is 25.6 Å². The number of thiophene rings is 1. The highest BCUT2D eigenvalue weighted by Crippen LogP contribution is 2.31. The number of fused-ring (bicyclic) bond motifs is 1. The van der Waals surface area contributed by atoms with Crippen LogP contribution in [0.5, 0.6) is 5.75 Å². The lowest BCUT2D eigenvalue weighted by Gasteiger charge is -2.01. The topological polar surface area (TPSA) is 70.2 Å². The zero-order valence-electron chi connectivity index (χ0n) is 16.4. The normalized spacial score (nSPS) is 11.2. The maximum Gasteiger partial charge on any atom is 0.271 e. The molecule has 0 N–H and O–H groups in total. The third-order valence-corrected chi connectivity index (χ3v) is 6.32. The molecule has 3 heterocycles. The van der Waals surface area contributed by atoms with Crippen LogP contribution >= 0.6 is 22.9 Å². The lowest BCUT2D eigenvalue weighted by atomic mass is 10.1. The van der Waals surface area contributed by atoms with Crippen LogP contribution in [0.1, 0.15) is 5.76 Å². The number of rotatable bonds is 5. The van der Waals surface area contributed by atoms with Crippen LogP contribution in [-0.2, 0) is 6.54 Å². The van der Waals surface area contributed by atoms with Crippen molar-refractivity contribution in [3.8, 4) is 27.4 Å². The first-order valence-corrected chi connectivity index (χ1v) is 10.6. The van der Waals surface area contributed by atoms with E-state index in [9.17, 15) is 4.79 Å². The number of hydrogen-bond acceptors (Lipinski definition) is 6. The van der Waals surface area contributed by atoms with Gasteiger partial charge in [0.1, 0.15) is 16.1 Å². The fourth-order valence-corrected chi connectivity index (χ4v) is 4.46. The van der Waals surface area contributed by atoms with Gasteiger partial charge in [-0.2, -0.15) is 0 Å². The first-order valence-electron chi connectivity index (χ1n) is 9.45. The first-order chi connectivity index (χ1) is 15.1. The number of ether oxygens (including phenoxy) is 1. The van der Waals surface area contributed by atoms with Crippen LogP contribution in [0.3, 0.4) is 0 Å². The molecule has 0 unspecified atom stereocenters. The molecule has 2 aromatic carbocycles. The van der Waals surface area contributed by atoms with Gasteiger partial charge >= 0.3 is 0 Å². The van der Waals surface area contributed by atoms with E-state index >= 15 is 0 Å². The van der Waals surface area contributed by atoms with E-state index in [1.165, 1.54) is 15.9 Å². The number of halogens is 1. The molecule has 6 nitrogen and oxygen atoms in total. The minimum atomic E-state index is -0.112. The van der Waals surface area contributed by atoms with Crippen molar-refractivity contribution in [1.29, 1.82) is 0 Å². The summed E-state index contributed by atoms with van der Waals surface area (Å²) in [6, 6.07) is 18.8. The molecule has 0 aliphatic heterocycles. The molecule has 8 heteroatoms. The quantitative estimate of drug-likeness (QED) is 0.355. The lowest BCUT2D eigenvalue weighted by Crippen LogP contribution is -2.19. The van der Waals surface area contributed by atoms with Crippen LogP contribution in [0.4, 0.5) is 0 Å². The predicted molar refractivity (Wildman–Crippen MR) is 122 cm³/mol. The molecule has 0 fully saturated rings. The molecule has 5 rings (SSSR count). The minimum absolute atomic E-state index is 0.112. The van der Waals surface area contributed by atoms with E-state index in [1.807, 2.05) is 48.5 Å². The lowest BCUT2D eigenvalue weighted by molar-refractivity contribution is 0.376. The molecule has 0 aliphatic carbocycles. The highest BCUT2D eigenvalue weighted by atomic mass is 35.5. The number of methoxy groups -OCH3 is 1. The van der Waals surface area contributed by atoms with Gasteiger partial charge < -0.3 is 9.26 Å². The van der Waals surface area contributed by atoms with Crippen molar-refractivity contribution in [3.63, 3.8) is 0 Å². The third kappa shape index (κ3) is 3.85. The summed E-state index contributed by atoms with van der Waals surface area (Å²) >= 11 is 7.36. The predicted octanol–water partition coefficient (Wildman–Crippen LogP) is 5.49. The van der Waals surface area contributed by atoms with E-state index in [0.29, 0.717) is 26.7 Å². The van der Waals surface area contributed by atoms with Gasteiger partial charge in [0.05, 0.1) is 25.5 Å². The highest BCUT2D eigenvalue weighted by Gasteiger charge is 2.13. The van der Waals surface area contributed by atoms with Crippen molar-refractivity contribution in [3.05, 3.63) is 88.1 Å². The molecule has 0 aliphatic rings. The summed E-state index contributed by atoms with van der Waals surface area (Å²) in [7, 11) is 1.63. The molecular formula is C23H16ClN3O3S. The Morgan fingerprint density at radius 2 is 1.81 bits per heavy atom. The summed E-state index contributed by atoms with van der Waals surface area (Å²) in [4.78, 5) is 18.5. The molecule has 5 aromatic rings. The van der Waals surface area contributed by atoms with E-state index in [2.05, 4.69) is 10.1 Å². The van der Waals surface area contributed by atoms with Gasteiger partial charge in [-0.05, 0) is 48.0 Å². The summed E-state index contributed by atoms with van der Waals surface area (Å²) in [5, 5.41) is 4.76. The Balaban J connectivity index is 1.43. The molecule has 0 radical (unpaired) electrons. The molecular weight excluding hydrogens is 434 g/mol. The molecule has 0 saturated heterocycles. The van der Waals surface area contributed by atoms with Gasteiger partial charge in [-0.1, -0.05) is 28.9 Å². The summed E-state index contributed by atoms with van der Waals surface area (Å²) in [5.74, 6) is 1.36. The monoisotopic (exact) mass is 449 g/mol. The van der Waals surface area contributed by atoms with Gasteiger partial charge in [0.15, 0.2) is 5.76 Å². The zero-order chi connectivity index (χ0) is 21.4. The van der Waals surface area contributed by atoms with Gasteiger partial charge in [-0.3, -0.25) is 9.36 Å². The fourth-order valence-electron chi connectivity index (χ4n) is 3.27. The van der Waals surface area contributed by atoms with Crippen LogP contribution in [0.2, 0.25) is 5.02 Å². The van der Waals surface area contributed by atoms with E-state index in [0.717, 1.165) is 21.8 Å². The molecule has 0 atom stereocenters. The average molecular weight is 450 g/mol. The van der Waals surface area contributed by atoms with Crippen molar-refractivity contribution in [2.45, 2.75) is 6.54 Å². The van der Waals surface area contributed by atoms with Crippen LogP contribution in [-0.4, -0.2) is 21.8 Å². The smallest absolute Gasteiger partial charge is 0.271 e. The second kappa shape index (κ2) is 8.02.